The van der Waals surface area contributed by atoms with Crippen LogP contribution in [0, 0.1) is 0 Å². The average Bonchev–Trinajstić information content (AvgIpc) is 3.12. The summed E-state index contributed by atoms with van der Waals surface area (Å²) in [7, 11) is 0. The number of carbonyl (C=O) groups excluding carboxylic acids is 4. The zero-order valence-electron chi connectivity index (χ0n) is 35.3. The molecule has 0 rings (SSSR count). The normalized spacial score (nSPS) is 12.5. The van der Waals surface area contributed by atoms with Crippen molar-refractivity contribution in [3.8, 4) is 0 Å². The molecule has 3 atom stereocenters. The fourth-order valence-corrected chi connectivity index (χ4v) is 6.37. The standard InChI is InChI=1S/C40H72N4O10.Na.H/c1-3-5-7-9-11-13-15-17-19-24-34(45)42-31(26-28-36(47)48)38(51)44(33(40(53)54)23-21-22-30-41)39(52)32(27-29-37(49)50)43-35(46)25-20-18-16-14-12-10-8-6-4-2;;/h31-33H,3-30,41H2,1-2H3,(H,42,45)(H,43,46)(H,47,48)(H,49,50)(H,53,54);;/q;+1;-1/t31-,32-,33-;;/m0../s1. The van der Waals surface area contributed by atoms with Crippen molar-refractivity contribution >= 4 is 41.5 Å². The number of rotatable bonds is 36. The van der Waals surface area contributed by atoms with Gasteiger partial charge in [-0.1, -0.05) is 117 Å². The van der Waals surface area contributed by atoms with Gasteiger partial charge in [-0.25, -0.2) is 4.79 Å². The minimum absolute atomic E-state index is 0. The van der Waals surface area contributed by atoms with Crippen LogP contribution in [0.1, 0.15) is 189 Å². The van der Waals surface area contributed by atoms with Gasteiger partial charge >= 0.3 is 47.5 Å². The van der Waals surface area contributed by atoms with Crippen LogP contribution in [0.2, 0.25) is 0 Å². The van der Waals surface area contributed by atoms with E-state index in [0.29, 0.717) is 24.2 Å². The summed E-state index contributed by atoms with van der Waals surface area (Å²) in [6, 6.07) is -4.84. The van der Waals surface area contributed by atoms with Gasteiger partial charge < -0.3 is 33.1 Å². The molecule has 0 aliphatic carbocycles. The molecule has 4 amide bonds. The Balaban J connectivity index is -0.0000140. The zero-order valence-corrected chi connectivity index (χ0v) is 36.3. The van der Waals surface area contributed by atoms with Crippen LogP contribution in [0.5, 0.6) is 0 Å². The average molecular weight is 793 g/mol. The van der Waals surface area contributed by atoms with Crippen LogP contribution < -0.4 is 45.9 Å². The van der Waals surface area contributed by atoms with E-state index >= 15 is 0 Å². The largest absolute Gasteiger partial charge is 1.00 e. The van der Waals surface area contributed by atoms with Gasteiger partial charge in [-0.3, -0.25) is 33.7 Å². The summed E-state index contributed by atoms with van der Waals surface area (Å²) in [6.45, 7) is 4.54. The molecule has 0 saturated heterocycles. The molecule has 7 N–H and O–H groups in total. The summed E-state index contributed by atoms with van der Waals surface area (Å²) in [4.78, 5) is 90.7. The summed E-state index contributed by atoms with van der Waals surface area (Å²) in [6.07, 6.45) is 16.9. The molecule has 0 aromatic carbocycles. The molecule has 14 nitrogen and oxygen atoms in total. The Morgan fingerprint density at radius 2 is 0.855 bits per heavy atom. The van der Waals surface area contributed by atoms with Crippen LogP contribution in [-0.2, 0) is 33.6 Å². The Morgan fingerprint density at radius 3 is 1.16 bits per heavy atom. The number of unbranched alkanes of at least 4 members (excludes halogenated alkanes) is 17. The van der Waals surface area contributed by atoms with E-state index in [1.165, 1.54) is 51.4 Å². The number of hydrogen-bond acceptors (Lipinski definition) is 8. The van der Waals surface area contributed by atoms with E-state index in [-0.39, 0.29) is 63.2 Å². The number of nitrogens with one attached hydrogen (secondary N) is 2. The van der Waals surface area contributed by atoms with E-state index < -0.39 is 85.3 Å². The fourth-order valence-electron chi connectivity index (χ4n) is 6.37. The first-order valence-corrected chi connectivity index (χ1v) is 20.7. The summed E-state index contributed by atoms with van der Waals surface area (Å²) in [5.74, 6) is -7.39. The molecule has 0 aliphatic heterocycles. The number of carbonyl (C=O) groups is 7. The first-order chi connectivity index (χ1) is 25.9. The Labute approximate surface area is 353 Å². The van der Waals surface area contributed by atoms with E-state index in [4.69, 9.17) is 5.73 Å². The van der Waals surface area contributed by atoms with Crippen LogP contribution in [0.15, 0.2) is 0 Å². The van der Waals surface area contributed by atoms with E-state index in [9.17, 15) is 48.9 Å². The van der Waals surface area contributed by atoms with Crippen molar-refractivity contribution in [2.75, 3.05) is 6.54 Å². The Kier molecular flexibility index (Phi) is 35.5. The Morgan fingerprint density at radius 1 is 0.509 bits per heavy atom. The van der Waals surface area contributed by atoms with Crippen LogP contribution >= 0.6 is 0 Å². The molecule has 0 heterocycles. The number of carboxylic acid groups (broad SMARTS) is 3. The van der Waals surface area contributed by atoms with Crippen LogP contribution in [0.4, 0.5) is 0 Å². The second kappa shape index (κ2) is 35.8. The number of nitrogens with two attached hydrogens (primary N) is 1. The molecule has 0 aliphatic rings. The number of nitrogens with zero attached hydrogens (tertiary/aromatic N) is 1. The second-order valence-electron chi connectivity index (χ2n) is 14.4. The van der Waals surface area contributed by atoms with Crippen LogP contribution in [-0.4, -0.2) is 86.4 Å². The minimum atomic E-state index is -1.74. The van der Waals surface area contributed by atoms with Crippen molar-refractivity contribution < 1.29 is 79.9 Å². The van der Waals surface area contributed by atoms with Crippen molar-refractivity contribution in [2.45, 2.75) is 205 Å². The van der Waals surface area contributed by atoms with E-state index in [1.54, 1.807) is 0 Å². The number of imide groups is 1. The SMILES string of the molecule is CCCCCCCCCCCC(=O)N[C@@H](CCC(=O)O)C(=O)N(C(=O)[C@H](CCC(=O)O)NC(=O)CCCCCCCCCCC)[C@@H](CCCCN)C(=O)O.[H-].[Na+]. The van der Waals surface area contributed by atoms with Crippen molar-refractivity contribution in [1.82, 2.24) is 15.5 Å². The van der Waals surface area contributed by atoms with E-state index in [0.717, 1.165) is 51.4 Å². The molecule has 0 radical (unpaired) electrons. The molecular weight excluding hydrogens is 719 g/mol. The van der Waals surface area contributed by atoms with Gasteiger partial charge in [-0.2, -0.15) is 0 Å². The number of hydrogen-bond donors (Lipinski definition) is 6. The van der Waals surface area contributed by atoms with Gasteiger partial charge in [0.25, 0.3) is 11.8 Å². The molecule has 0 aromatic rings. The maximum Gasteiger partial charge on any atom is 1.00 e. The van der Waals surface area contributed by atoms with Crippen molar-refractivity contribution in [3.05, 3.63) is 0 Å². The minimum Gasteiger partial charge on any atom is -1.00 e. The number of carboxylic acids is 3. The maximum atomic E-state index is 14.2. The third kappa shape index (κ3) is 28.5. The van der Waals surface area contributed by atoms with E-state index in [2.05, 4.69) is 24.5 Å². The van der Waals surface area contributed by atoms with Crippen molar-refractivity contribution in [2.24, 2.45) is 5.73 Å². The molecule has 15 heteroatoms. The number of amides is 4. The maximum absolute atomic E-state index is 14.2. The topological polar surface area (TPSA) is 233 Å². The first-order valence-electron chi connectivity index (χ1n) is 20.7. The molecule has 0 saturated carbocycles. The van der Waals surface area contributed by atoms with Gasteiger partial charge in [0.05, 0.1) is 0 Å². The molecule has 0 spiro atoms. The Bertz CT molecular complexity index is 1050. The zero-order chi connectivity index (χ0) is 40.6. The third-order valence-electron chi connectivity index (χ3n) is 9.58. The van der Waals surface area contributed by atoms with Crippen molar-refractivity contribution in [3.63, 3.8) is 0 Å². The first kappa shape index (κ1) is 54.5. The van der Waals surface area contributed by atoms with Crippen LogP contribution in [0.3, 0.4) is 0 Å². The van der Waals surface area contributed by atoms with Gasteiger partial charge in [-0.05, 0) is 51.5 Å². The van der Waals surface area contributed by atoms with Gasteiger partial charge in [0.2, 0.25) is 11.8 Å². The molecule has 314 valence electrons. The molecule has 0 aromatic heterocycles. The molecular formula is C40H73N4NaO10. The third-order valence-corrected chi connectivity index (χ3v) is 9.58. The predicted molar refractivity (Wildman–Crippen MR) is 209 cm³/mol. The fraction of sp³-hybridized carbons (Fsp3) is 0.825. The monoisotopic (exact) mass is 793 g/mol. The number of aliphatic carboxylic acids is 3. The molecule has 0 bridgehead atoms. The molecule has 0 fully saturated rings. The Hall–Kier alpha value is -2.55. The summed E-state index contributed by atoms with van der Waals surface area (Å²) in [5.41, 5.74) is 5.61. The van der Waals surface area contributed by atoms with Gasteiger partial charge in [0.15, 0.2) is 0 Å². The molecule has 55 heavy (non-hydrogen) atoms. The summed E-state index contributed by atoms with van der Waals surface area (Å²) >= 11 is 0. The van der Waals surface area contributed by atoms with E-state index in [1.807, 2.05) is 0 Å². The van der Waals surface area contributed by atoms with Gasteiger partial charge in [0, 0.05) is 25.7 Å². The summed E-state index contributed by atoms with van der Waals surface area (Å²) < 4.78 is 0. The molecule has 0 unspecified atom stereocenters. The summed E-state index contributed by atoms with van der Waals surface area (Å²) in [5, 5.41) is 34.2. The van der Waals surface area contributed by atoms with Gasteiger partial charge in [0.1, 0.15) is 18.1 Å². The predicted octanol–water partition coefficient (Wildman–Crippen LogP) is 3.58. The van der Waals surface area contributed by atoms with Crippen LogP contribution in [0.25, 0.3) is 0 Å². The smallest absolute Gasteiger partial charge is 1.00 e. The van der Waals surface area contributed by atoms with Crippen molar-refractivity contribution in [1.29, 1.82) is 0 Å². The second-order valence-corrected chi connectivity index (χ2v) is 14.4. The quantitative estimate of drug-likeness (QED) is 0.0397. The van der Waals surface area contributed by atoms with Gasteiger partial charge in [-0.15, -0.1) is 0 Å².